The maximum absolute atomic E-state index is 2.60. The third-order valence-electron chi connectivity index (χ3n) is 16.4. The van der Waals surface area contributed by atoms with Crippen LogP contribution in [0.25, 0.3) is 110 Å². The van der Waals surface area contributed by atoms with E-state index in [1.165, 1.54) is 154 Å². The fourth-order valence-corrected chi connectivity index (χ4v) is 13.7. The molecule has 0 radical (unpaired) electrons. The number of benzene rings is 10. The van der Waals surface area contributed by atoms with Gasteiger partial charge in [0.1, 0.15) is 0 Å². The molecule has 0 spiro atoms. The van der Waals surface area contributed by atoms with E-state index in [2.05, 4.69) is 179 Å². The van der Waals surface area contributed by atoms with E-state index in [0.717, 1.165) is 51.4 Å². The van der Waals surface area contributed by atoms with Crippen LogP contribution in [0.3, 0.4) is 0 Å². The molecule has 0 amide bonds. The molecule has 2 heteroatoms. The monoisotopic (exact) mass is 840 g/mol. The van der Waals surface area contributed by atoms with Crippen molar-refractivity contribution in [2.24, 2.45) is 0 Å². The van der Waals surface area contributed by atoms with Crippen molar-refractivity contribution >= 4 is 65.2 Å². The standard InChI is InChI=1S/C64H44N2/c1-3-11-45(12-4-1)65-57-31-25-41(47-27-23-39-19-17-37-9-7-15-49(47)59(37)39)33-53(57)55-35-43-21-22-44-36-56-54-34-42(48-28-24-40-20-18-38-10-8-16-50(48)60(38)40)26-32-58(54)66(46-13-5-2-6-14-46)64(56)52-30-29-51(63(55)65)61(43)62(44)52/h1-16,23-28,31-36H,17-22,29-30H2. The van der Waals surface area contributed by atoms with Crippen molar-refractivity contribution < 1.29 is 0 Å². The van der Waals surface area contributed by atoms with Gasteiger partial charge in [0.05, 0.1) is 22.1 Å². The second-order valence-electron chi connectivity index (χ2n) is 19.6. The van der Waals surface area contributed by atoms with Crippen LogP contribution < -0.4 is 0 Å². The number of fused-ring (bicyclic) bond motifs is 8. The van der Waals surface area contributed by atoms with E-state index in [1.54, 1.807) is 0 Å². The summed E-state index contributed by atoms with van der Waals surface area (Å²) < 4.78 is 5.19. The summed E-state index contributed by atoms with van der Waals surface area (Å²) in [4.78, 5) is 0. The normalized spacial score (nSPS) is 14.5. The van der Waals surface area contributed by atoms with Gasteiger partial charge in [0.2, 0.25) is 0 Å². The quantitative estimate of drug-likeness (QED) is 0.167. The molecular weight excluding hydrogens is 797 g/mol. The molecule has 0 unspecified atom stereocenters. The Morgan fingerprint density at radius 1 is 0.288 bits per heavy atom. The van der Waals surface area contributed by atoms with E-state index < -0.39 is 0 Å². The van der Waals surface area contributed by atoms with Crippen LogP contribution in [0.15, 0.2) is 170 Å². The number of hydrogen-bond acceptors (Lipinski definition) is 0. The molecule has 0 saturated heterocycles. The summed E-state index contributed by atoms with van der Waals surface area (Å²) in [5.74, 6) is 0. The van der Waals surface area contributed by atoms with Crippen LogP contribution in [0.4, 0.5) is 0 Å². The predicted octanol–water partition coefficient (Wildman–Crippen LogP) is 15.6. The number of nitrogens with zero attached hydrogens (tertiary/aromatic N) is 2. The summed E-state index contributed by atoms with van der Waals surface area (Å²) in [5, 5.41) is 11.2. The number of para-hydroxylation sites is 2. The van der Waals surface area contributed by atoms with Crippen molar-refractivity contribution in [1.82, 2.24) is 9.13 Å². The topological polar surface area (TPSA) is 9.86 Å². The average molecular weight is 841 g/mol. The van der Waals surface area contributed by atoms with Gasteiger partial charge in [0.25, 0.3) is 0 Å². The highest BCUT2D eigenvalue weighted by molar-refractivity contribution is 6.18. The lowest BCUT2D eigenvalue weighted by atomic mass is 9.74. The van der Waals surface area contributed by atoms with Crippen LogP contribution in [-0.4, -0.2) is 9.13 Å². The molecule has 4 aliphatic rings. The summed E-state index contributed by atoms with van der Waals surface area (Å²) in [5.41, 5.74) is 28.1. The Morgan fingerprint density at radius 2 is 0.712 bits per heavy atom. The van der Waals surface area contributed by atoms with Crippen molar-refractivity contribution in [3.8, 4) is 44.8 Å². The predicted molar refractivity (Wildman–Crippen MR) is 276 cm³/mol. The summed E-state index contributed by atoms with van der Waals surface area (Å²) in [6.07, 6.45) is 8.67. The van der Waals surface area contributed by atoms with E-state index in [9.17, 15) is 0 Å². The van der Waals surface area contributed by atoms with Crippen LogP contribution in [-0.2, 0) is 51.4 Å². The summed E-state index contributed by atoms with van der Waals surface area (Å²) in [6, 6.07) is 65.5. The molecular formula is C64H44N2. The maximum Gasteiger partial charge on any atom is 0.0579 e. The highest BCUT2D eigenvalue weighted by Gasteiger charge is 2.33. The van der Waals surface area contributed by atoms with Crippen molar-refractivity contribution in [2.45, 2.75) is 51.4 Å². The van der Waals surface area contributed by atoms with Crippen molar-refractivity contribution in [1.29, 1.82) is 0 Å². The Labute approximate surface area is 383 Å². The highest BCUT2D eigenvalue weighted by atomic mass is 15.0. The van der Waals surface area contributed by atoms with E-state index in [0.29, 0.717) is 0 Å². The Kier molecular flexibility index (Phi) is 7.01. The summed E-state index contributed by atoms with van der Waals surface area (Å²) in [6.45, 7) is 0. The number of aromatic nitrogens is 2. The first-order valence-corrected chi connectivity index (χ1v) is 24.2. The maximum atomic E-state index is 2.60. The van der Waals surface area contributed by atoms with Gasteiger partial charge in [-0.1, -0.05) is 109 Å². The Hall–Kier alpha value is -7.68. The van der Waals surface area contributed by atoms with Gasteiger partial charge in [0.15, 0.2) is 0 Å². The minimum Gasteiger partial charge on any atom is -0.309 e. The largest absolute Gasteiger partial charge is 0.309 e. The number of rotatable bonds is 4. The smallest absolute Gasteiger partial charge is 0.0579 e. The summed E-state index contributed by atoms with van der Waals surface area (Å²) >= 11 is 0. The van der Waals surface area contributed by atoms with Crippen LogP contribution in [0.2, 0.25) is 0 Å². The van der Waals surface area contributed by atoms with Crippen LogP contribution in [0.5, 0.6) is 0 Å². The molecule has 4 aliphatic carbocycles. The molecule has 0 saturated carbocycles. The van der Waals surface area contributed by atoms with Crippen molar-refractivity contribution in [2.75, 3.05) is 0 Å². The number of hydrogen-bond donors (Lipinski definition) is 0. The lowest BCUT2D eigenvalue weighted by Gasteiger charge is -2.31. The average Bonchev–Trinajstić information content (AvgIpc) is 4.16. The third-order valence-corrected chi connectivity index (χ3v) is 16.4. The van der Waals surface area contributed by atoms with E-state index in [-0.39, 0.29) is 0 Å². The Morgan fingerprint density at radius 3 is 1.17 bits per heavy atom. The lowest BCUT2D eigenvalue weighted by molar-refractivity contribution is 0.883. The van der Waals surface area contributed by atoms with Gasteiger partial charge in [-0.3, -0.25) is 0 Å². The van der Waals surface area contributed by atoms with Gasteiger partial charge in [-0.2, -0.15) is 0 Å². The molecule has 16 rings (SSSR count). The molecule has 0 N–H and O–H groups in total. The minimum atomic E-state index is 0.998. The first kappa shape index (κ1) is 35.6. The van der Waals surface area contributed by atoms with Crippen LogP contribution in [0.1, 0.15) is 44.5 Å². The first-order chi connectivity index (χ1) is 32.7. The molecule has 66 heavy (non-hydrogen) atoms. The molecule has 12 aromatic rings. The Balaban J connectivity index is 0.956. The third kappa shape index (κ3) is 4.66. The number of aryl methyl sites for hydroxylation is 8. The van der Waals surface area contributed by atoms with Gasteiger partial charge >= 0.3 is 0 Å². The van der Waals surface area contributed by atoms with Gasteiger partial charge in [-0.05, 0) is 211 Å². The van der Waals surface area contributed by atoms with Gasteiger partial charge in [-0.15, -0.1) is 0 Å². The molecule has 0 atom stereocenters. The van der Waals surface area contributed by atoms with Gasteiger partial charge in [0, 0.05) is 32.9 Å². The molecule has 0 bridgehead atoms. The van der Waals surface area contributed by atoms with Crippen molar-refractivity contribution in [3.05, 3.63) is 214 Å². The fourth-order valence-electron chi connectivity index (χ4n) is 13.7. The lowest BCUT2D eigenvalue weighted by Crippen LogP contribution is -2.16. The highest BCUT2D eigenvalue weighted by Crippen LogP contribution is 2.52. The zero-order valence-corrected chi connectivity index (χ0v) is 36.7. The van der Waals surface area contributed by atoms with Gasteiger partial charge in [-0.25, -0.2) is 0 Å². The van der Waals surface area contributed by atoms with E-state index >= 15 is 0 Å². The van der Waals surface area contributed by atoms with Crippen LogP contribution in [0, 0.1) is 0 Å². The molecule has 0 aliphatic heterocycles. The van der Waals surface area contributed by atoms with Gasteiger partial charge < -0.3 is 9.13 Å². The summed E-state index contributed by atoms with van der Waals surface area (Å²) in [7, 11) is 0. The minimum absolute atomic E-state index is 0.998. The molecule has 10 aromatic carbocycles. The zero-order valence-electron chi connectivity index (χ0n) is 36.7. The molecule has 0 fully saturated rings. The molecule has 2 nitrogen and oxygen atoms in total. The zero-order chi connectivity index (χ0) is 42.8. The first-order valence-electron chi connectivity index (χ1n) is 24.2. The molecule has 310 valence electrons. The second-order valence-corrected chi connectivity index (χ2v) is 19.6. The van der Waals surface area contributed by atoms with Crippen molar-refractivity contribution in [3.63, 3.8) is 0 Å². The van der Waals surface area contributed by atoms with E-state index in [1.807, 2.05) is 0 Å². The van der Waals surface area contributed by atoms with E-state index in [4.69, 9.17) is 0 Å². The van der Waals surface area contributed by atoms with Crippen LogP contribution >= 0.6 is 0 Å². The fraction of sp³-hybridized carbons (Fsp3) is 0.125. The Bertz CT molecular complexity index is 3850. The SMILES string of the molecule is c1ccc(-n2c3ccc(-c4ccc5c6c(cccc46)CC5)cc3c3cc4c5c(c32)CCc2c-5c(cc3c5cc(-c6ccc7c8c(cccc68)CC7)ccc5n(-c5ccccc5)c23)CC4)cc1. The molecule has 2 heterocycles. The second kappa shape index (κ2) is 13.0. The molecule has 2 aromatic heterocycles.